The van der Waals surface area contributed by atoms with E-state index in [0.717, 1.165) is 11.8 Å². The number of rotatable bonds is 3. The Balaban J connectivity index is 2.92. The summed E-state index contributed by atoms with van der Waals surface area (Å²) >= 11 is 3.42. The Kier molecular flexibility index (Phi) is 3.37. The van der Waals surface area contributed by atoms with Gasteiger partial charge in [0.25, 0.3) is 0 Å². The minimum atomic E-state index is 1.01. The van der Waals surface area contributed by atoms with Crippen LogP contribution in [-0.4, -0.2) is 5.33 Å². The first-order chi connectivity index (χ1) is 5.38. The molecular weight excluding hydrogens is 200 g/mol. The molecule has 0 amide bonds. The van der Waals surface area contributed by atoms with E-state index in [9.17, 15) is 0 Å². The van der Waals surface area contributed by atoms with E-state index in [1.165, 1.54) is 11.1 Å². The van der Waals surface area contributed by atoms with Gasteiger partial charge in [0.15, 0.2) is 0 Å². The second-order valence-electron chi connectivity index (χ2n) is 2.34. The predicted molar refractivity (Wildman–Crippen MR) is 54.0 cm³/mol. The zero-order valence-electron chi connectivity index (χ0n) is 6.39. The maximum absolute atomic E-state index is 3.76. The molecule has 0 fully saturated rings. The van der Waals surface area contributed by atoms with Gasteiger partial charge < -0.3 is 0 Å². The van der Waals surface area contributed by atoms with Crippen molar-refractivity contribution in [3.8, 4) is 0 Å². The van der Waals surface area contributed by atoms with E-state index in [0.29, 0.717) is 0 Å². The van der Waals surface area contributed by atoms with E-state index in [2.05, 4.69) is 40.7 Å². The first-order valence-corrected chi connectivity index (χ1v) is 4.77. The molecular formula is C10H11Br. The third-order valence-electron chi connectivity index (χ3n) is 1.64. The molecule has 0 unspecified atom stereocenters. The molecule has 0 spiro atoms. The van der Waals surface area contributed by atoms with E-state index in [1.54, 1.807) is 0 Å². The van der Waals surface area contributed by atoms with Crippen LogP contribution in [0.2, 0.25) is 0 Å². The molecule has 0 aromatic heterocycles. The van der Waals surface area contributed by atoms with Gasteiger partial charge in [-0.25, -0.2) is 0 Å². The molecule has 0 heterocycles. The van der Waals surface area contributed by atoms with Crippen LogP contribution in [0, 0.1) is 0 Å². The van der Waals surface area contributed by atoms with Gasteiger partial charge in [-0.15, -0.1) is 0 Å². The van der Waals surface area contributed by atoms with Crippen molar-refractivity contribution in [1.82, 2.24) is 0 Å². The molecule has 0 aliphatic heterocycles. The third kappa shape index (κ3) is 2.19. The van der Waals surface area contributed by atoms with Gasteiger partial charge in [-0.05, 0) is 17.5 Å². The SMILES string of the molecule is C=Cc1ccccc1CCBr. The highest BCUT2D eigenvalue weighted by Gasteiger charge is 1.94. The molecule has 0 atom stereocenters. The standard InChI is InChI=1S/C10H11Br/c1-2-9-5-3-4-6-10(9)7-8-11/h2-6H,1,7-8H2. The Morgan fingerprint density at radius 2 is 2.09 bits per heavy atom. The maximum Gasteiger partial charge on any atom is 0.00720 e. The molecule has 0 radical (unpaired) electrons. The van der Waals surface area contributed by atoms with Gasteiger partial charge in [0.05, 0.1) is 0 Å². The van der Waals surface area contributed by atoms with Crippen molar-refractivity contribution in [1.29, 1.82) is 0 Å². The van der Waals surface area contributed by atoms with Crippen molar-refractivity contribution in [2.24, 2.45) is 0 Å². The lowest BCUT2D eigenvalue weighted by Crippen LogP contribution is -1.88. The van der Waals surface area contributed by atoms with E-state index in [-0.39, 0.29) is 0 Å². The molecule has 0 aliphatic carbocycles. The topological polar surface area (TPSA) is 0 Å². The second-order valence-corrected chi connectivity index (χ2v) is 3.13. The summed E-state index contributed by atoms with van der Waals surface area (Å²) in [5.74, 6) is 0. The first-order valence-electron chi connectivity index (χ1n) is 3.65. The molecule has 0 nitrogen and oxygen atoms in total. The van der Waals surface area contributed by atoms with Crippen LogP contribution in [0.4, 0.5) is 0 Å². The molecule has 0 N–H and O–H groups in total. The van der Waals surface area contributed by atoms with Gasteiger partial charge in [0.2, 0.25) is 0 Å². The van der Waals surface area contributed by atoms with Crippen LogP contribution >= 0.6 is 15.9 Å². The number of benzene rings is 1. The maximum atomic E-state index is 3.76. The Morgan fingerprint density at radius 3 is 2.73 bits per heavy atom. The van der Waals surface area contributed by atoms with Crippen molar-refractivity contribution in [3.63, 3.8) is 0 Å². The lowest BCUT2D eigenvalue weighted by atomic mass is 10.1. The molecule has 0 saturated heterocycles. The summed E-state index contributed by atoms with van der Waals surface area (Å²) < 4.78 is 0. The molecule has 1 heteroatoms. The van der Waals surface area contributed by atoms with Crippen LogP contribution in [0.3, 0.4) is 0 Å². The van der Waals surface area contributed by atoms with Crippen LogP contribution in [0.25, 0.3) is 6.08 Å². The molecule has 1 aromatic rings. The minimum Gasteiger partial charge on any atom is -0.0985 e. The summed E-state index contributed by atoms with van der Waals surface area (Å²) in [5, 5.41) is 1.01. The highest BCUT2D eigenvalue weighted by atomic mass is 79.9. The number of hydrogen-bond acceptors (Lipinski definition) is 0. The van der Waals surface area contributed by atoms with Crippen LogP contribution in [-0.2, 0) is 6.42 Å². The van der Waals surface area contributed by atoms with Crippen LogP contribution in [0.5, 0.6) is 0 Å². The molecule has 11 heavy (non-hydrogen) atoms. The van der Waals surface area contributed by atoms with Crippen molar-refractivity contribution < 1.29 is 0 Å². The Morgan fingerprint density at radius 1 is 1.36 bits per heavy atom. The summed E-state index contributed by atoms with van der Waals surface area (Å²) in [7, 11) is 0. The summed E-state index contributed by atoms with van der Waals surface area (Å²) in [6.07, 6.45) is 2.97. The van der Waals surface area contributed by atoms with Gasteiger partial charge in [-0.1, -0.05) is 52.9 Å². The van der Waals surface area contributed by atoms with E-state index in [1.807, 2.05) is 12.1 Å². The van der Waals surface area contributed by atoms with Gasteiger partial charge in [-0.2, -0.15) is 0 Å². The molecule has 0 bridgehead atoms. The van der Waals surface area contributed by atoms with E-state index >= 15 is 0 Å². The van der Waals surface area contributed by atoms with Gasteiger partial charge in [0, 0.05) is 5.33 Å². The minimum absolute atomic E-state index is 1.01. The number of hydrogen-bond donors (Lipinski definition) is 0. The Bertz CT molecular complexity index is 240. The fourth-order valence-electron chi connectivity index (χ4n) is 1.06. The van der Waals surface area contributed by atoms with Crippen LogP contribution in [0.15, 0.2) is 30.8 Å². The average molecular weight is 211 g/mol. The van der Waals surface area contributed by atoms with E-state index < -0.39 is 0 Å². The molecule has 1 aromatic carbocycles. The van der Waals surface area contributed by atoms with Crippen molar-refractivity contribution in [3.05, 3.63) is 42.0 Å². The Labute approximate surface area is 76.1 Å². The van der Waals surface area contributed by atoms with Crippen LogP contribution < -0.4 is 0 Å². The van der Waals surface area contributed by atoms with Crippen molar-refractivity contribution in [2.75, 3.05) is 5.33 Å². The zero-order chi connectivity index (χ0) is 8.10. The quantitative estimate of drug-likeness (QED) is 0.673. The fraction of sp³-hybridized carbons (Fsp3) is 0.200. The second kappa shape index (κ2) is 4.35. The first kappa shape index (κ1) is 8.54. The van der Waals surface area contributed by atoms with Gasteiger partial charge in [-0.3, -0.25) is 0 Å². The molecule has 0 aliphatic rings. The Hall–Kier alpha value is -0.560. The largest absolute Gasteiger partial charge is 0.0985 e. The third-order valence-corrected chi connectivity index (χ3v) is 2.04. The molecule has 1 rings (SSSR count). The summed E-state index contributed by atoms with van der Waals surface area (Å²) in [4.78, 5) is 0. The highest BCUT2D eigenvalue weighted by Crippen LogP contribution is 2.11. The highest BCUT2D eigenvalue weighted by molar-refractivity contribution is 9.09. The molecule has 58 valence electrons. The smallest absolute Gasteiger partial charge is 0.00720 e. The molecule has 0 saturated carbocycles. The normalized spacial score (nSPS) is 9.55. The average Bonchev–Trinajstić information content (AvgIpc) is 2.06. The summed E-state index contributed by atoms with van der Waals surface area (Å²) in [6, 6.07) is 8.32. The number of aryl methyl sites for hydroxylation is 1. The van der Waals surface area contributed by atoms with Crippen LogP contribution in [0.1, 0.15) is 11.1 Å². The van der Waals surface area contributed by atoms with E-state index in [4.69, 9.17) is 0 Å². The lowest BCUT2D eigenvalue weighted by Gasteiger charge is -2.01. The lowest BCUT2D eigenvalue weighted by molar-refractivity contribution is 1.16. The van der Waals surface area contributed by atoms with Gasteiger partial charge in [0.1, 0.15) is 0 Å². The predicted octanol–water partition coefficient (Wildman–Crippen LogP) is 3.27. The number of halogens is 1. The van der Waals surface area contributed by atoms with Crippen molar-refractivity contribution in [2.45, 2.75) is 6.42 Å². The fourth-order valence-corrected chi connectivity index (χ4v) is 1.49. The summed E-state index contributed by atoms with van der Waals surface area (Å²) in [6.45, 7) is 3.76. The van der Waals surface area contributed by atoms with Gasteiger partial charge >= 0.3 is 0 Å². The van der Waals surface area contributed by atoms with Crippen molar-refractivity contribution >= 4 is 22.0 Å². The monoisotopic (exact) mass is 210 g/mol. The summed E-state index contributed by atoms with van der Waals surface area (Å²) in [5.41, 5.74) is 2.60. The number of alkyl halides is 1. The zero-order valence-corrected chi connectivity index (χ0v) is 7.97.